The van der Waals surface area contributed by atoms with Gasteiger partial charge in [-0.05, 0) is 31.6 Å². The van der Waals surface area contributed by atoms with Crippen LogP contribution in [0.25, 0.3) is 0 Å². The fraction of sp³-hybridized carbons (Fsp3) is 0.846. The van der Waals surface area contributed by atoms with Crippen molar-refractivity contribution in [2.75, 3.05) is 13.1 Å². The van der Waals surface area contributed by atoms with Gasteiger partial charge in [0.05, 0.1) is 0 Å². The van der Waals surface area contributed by atoms with Crippen LogP contribution in [0.5, 0.6) is 0 Å². The fourth-order valence-corrected chi connectivity index (χ4v) is 2.44. The van der Waals surface area contributed by atoms with Crippen LogP contribution in [0.2, 0.25) is 0 Å². The van der Waals surface area contributed by atoms with E-state index in [-0.39, 0.29) is 12.5 Å². The van der Waals surface area contributed by atoms with Gasteiger partial charge in [0.2, 0.25) is 0 Å². The quantitative estimate of drug-likeness (QED) is 0.740. The summed E-state index contributed by atoms with van der Waals surface area (Å²) in [6.07, 6.45) is 3.91. The molecule has 0 radical (unpaired) electrons. The third-order valence-corrected chi connectivity index (χ3v) is 3.42. The van der Waals surface area contributed by atoms with Gasteiger partial charge in [-0.25, -0.2) is 4.79 Å². The molecule has 0 aromatic heterocycles. The molecule has 5 heteroatoms. The number of hydrogen-bond acceptors (Lipinski definition) is 2. The van der Waals surface area contributed by atoms with E-state index in [1.165, 1.54) is 6.42 Å². The number of aliphatic carboxylic acids is 1. The van der Waals surface area contributed by atoms with E-state index in [0.717, 1.165) is 19.4 Å². The Kier molecular flexibility index (Phi) is 5.95. The van der Waals surface area contributed by atoms with Crippen molar-refractivity contribution in [1.29, 1.82) is 0 Å². The average molecular weight is 256 g/mol. The highest BCUT2D eigenvalue weighted by Crippen LogP contribution is 2.22. The molecular weight excluding hydrogens is 232 g/mol. The number of carboxylic acids is 1. The fourth-order valence-electron chi connectivity index (χ4n) is 2.44. The summed E-state index contributed by atoms with van der Waals surface area (Å²) in [5.74, 6) is -0.350. The molecule has 2 amide bonds. The van der Waals surface area contributed by atoms with Crippen LogP contribution in [0.3, 0.4) is 0 Å². The molecular formula is C13H24N2O3. The first kappa shape index (κ1) is 14.8. The topological polar surface area (TPSA) is 69.6 Å². The molecule has 1 aliphatic heterocycles. The minimum Gasteiger partial charge on any atom is -0.481 e. The molecule has 0 spiro atoms. The van der Waals surface area contributed by atoms with E-state index in [0.29, 0.717) is 24.9 Å². The molecule has 1 atom stereocenters. The van der Waals surface area contributed by atoms with Crippen LogP contribution in [0, 0.1) is 5.92 Å². The number of nitrogens with one attached hydrogen (secondary N) is 1. The van der Waals surface area contributed by atoms with Crippen molar-refractivity contribution in [3.05, 3.63) is 0 Å². The van der Waals surface area contributed by atoms with E-state index in [1.54, 1.807) is 0 Å². The Labute approximate surface area is 109 Å². The first-order chi connectivity index (χ1) is 8.52. The molecule has 1 heterocycles. The number of carbonyl (C=O) groups excluding carboxylic acids is 1. The van der Waals surface area contributed by atoms with Gasteiger partial charge >= 0.3 is 12.0 Å². The number of rotatable bonds is 5. The molecule has 0 aliphatic carbocycles. The minimum absolute atomic E-state index is 0.0428. The van der Waals surface area contributed by atoms with Crippen molar-refractivity contribution in [3.8, 4) is 0 Å². The molecule has 0 aromatic carbocycles. The smallest absolute Gasteiger partial charge is 0.317 e. The van der Waals surface area contributed by atoms with E-state index in [4.69, 9.17) is 5.11 Å². The molecule has 2 N–H and O–H groups in total. The zero-order valence-corrected chi connectivity index (χ0v) is 11.3. The van der Waals surface area contributed by atoms with Crippen LogP contribution in [0.1, 0.15) is 46.0 Å². The van der Waals surface area contributed by atoms with Gasteiger partial charge in [0, 0.05) is 25.6 Å². The molecule has 18 heavy (non-hydrogen) atoms. The monoisotopic (exact) mass is 256 g/mol. The number of nitrogens with zero attached hydrogens (tertiary/aromatic N) is 1. The number of amides is 2. The van der Waals surface area contributed by atoms with Gasteiger partial charge in [-0.3, -0.25) is 4.79 Å². The van der Waals surface area contributed by atoms with Gasteiger partial charge in [0.25, 0.3) is 0 Å². The SMILES string of the molecule is CC(C)C1CCCCN1C(=O)NCCCC(=O)O. The lowest BCUT2D eigenvalue weighted by molar-refractivity contribution is -0.137. The Balaban J connectivity index is 2.36. The van der Waals surface area contributed by atoms with Crippen LogP contribution >= 0.6 is 0 Å². The molecule has 0 bridgehead atoms. The van der Waals surface area contributed by atoms with E-state index < -0.39 is 5.97 Å². The molecule has 1 aliphatic rings. The molecule has 0 saturated carbocycles. The standard InChI is InChI=1S/C13H24N2O3/c1-10(2)11-6-3-4-9-15(11)13(18)14-8-5-7-12(16)17/h10-11H,3-9H2,1-2H3,(H,14,18)(H,16,17). The summed E-state index contributed by atoms with van der Waals surface area (Å²) in [6.45, 7) is 5.53. The Morgan fingerprint density at radius 2 is 2.11 bits per heavy atom. The number of hydrogen-bond donors (Lipinski definition) is 2. The summed E-state index contributed by atoms with van der Waals surface area (Å²) < 4.78 is 0. The summed E-state index contributed by atoms with van der Waals surface area (Å²) >= 11 is 0. The molecule has 5 nitrogen and oxygen atoms in total. The van der Waals surface area contributed by atoms with Gasteiger partial charge in [-0.1, -0.05) is 13.8 Å². The van der Waals surface area contributed by atoms with Crippen LogP contribution in [-0.2, 0) is 4.79 Å². The summed E-state index contributed by atoms with van der Waals surface area (Å²) in [4.78, 5) is 24.3. The Bertz CT molecular complexity index is 292. The molecule has 0 aromatic rings. The van der Waals surface area contributed by atoms with Crippen LogP contribution < -0.4 is 5.32 Å². The molecule has 1 saturated heterocycles. The van der Waals surface area contributed by atoms with Crippen molar-refractivity contribution < 1.29 is 14.7 Å². The largest absolute Gasteiger partial charge is 0.481 e. The highest BCUT2D eigenvalue weighted by Gasteiger charge is 2.28. The van der Waals surface area contributed by atoms with E-state index in [9.17, 15) is 9.59 Å². The Morgan fingerprint density at radius 1 is 1.39 bits per heavy atom. The molecule has 1 rings (SSSR count). The molecule has 104 valence electrons. The zero-order valence-electron chi connectivity index (χ0n) is 11.3. The van der Waals surface area contributed by atoms with Crippen molar-refractivity contribution >= 4 is 12.0 Å². The second-order valence-corrected chi connectivity index (χ2v) is 5.23. The number of carboxylic acid groups (broad SMARTS) is 1. The molecule has 1 fully saturated rings. The van der Waals surface area contributed by atoms with Gasteiger partial charge in [-0.2, -0.15) is 0 Å². The third kappa shape index (κ3) is 4.55. The van der Waals surface area contributed by atoms with Crippen molar-refractivity contribution in [2.45, 2.75) is 52.0 Å². The summed E-state index contributed by atoms with van der Waals surface area (Å²) in [7, 11) is 0. The number of carbonyl (C=O) groups is 2. The third-order valence-electron chi connectivity index (χ3n) is 3.42. The maximum atomic E-state index is 12.0. The normalized spacial score (nSPS) is 19.9. The minimum atomic E-state index is -0.817. The molecule has 1 unspecified atom stereocenters. The van der Waals surface area contributed by atoms with Gasteiger partial charge in [-0.15, -0.1) is 0 Å². The van der Waals surface area contributed by atoms with Gasteiger partial charge in [0.1, 0.15) is 0 Å². The Morgan fingerprint density at radius 3 is 2.72 bits per heavy atom. The van der Waals surface area contributed by atoms with Crippen molar-refractivity contribution in [1.82, 2.24) is 10.2 Å². The number of piperidine rings is 1. The maximum Gasteiger partial charge on any atom is 0.317 e. The van der Waals surface area contributed by atoms with Crippen LogP contribution in [0.15, 0.2) is 0 Å². The van der Waals surface area contributed by atoms with Crippen LogP contribution in [-0.4, -0.2) is 41.1 Å². The summed E-state index contributed by atoms with van der Waals surface area (Å²) in [5, 5.41) is 11.3. The first-order valence-electron chi connectivity index (χ1n) is 6.78. The zero-order chi connectivity index (χ0) is 13.5. The average Bonchev–Trinajstić information content (AvgIpc) is 2.34. The predicted octanol–water partition coefficient (Wildman–Crippen LogP) is 2.07. The maximum absolute atomic E-state index is 12.0. The Hall–Kier alpha value is -1.26. The van der Waals surface area contributed by atoms with E-state index in [2.05, 4.69) is 19.2 Å². The van der Waals surface area contributed by atoms with Crippen LogP contribution in [0.4, 0.5) is 4.79 Å². The second kappa shape index (κ2) is 7.24. The van der Waals surface area contributed by atoms with E-state index >= 15 is 0 Å². The predicted molar refractivity (Wildman–Crippen MR) is 69.5 cm³/mol. The first-order valence-corrected chi connectivity index (χ1v) is 6.78. The highest BCUT2D eigenvalue weighted by molar-refractivity contribution is 5.74. The lowest BCUT2D eigenvalue weighted by atomic mass is 9.93. The highest BCUT2D eigenvalue weighted by atomic mass is 16.4. The van der Waals surface area contributed by atoms with Crippen molar-refractivity contribution in [2.24, 2.45) is 5.92 Å². The summed E-state index contributed by atoms with van der Waals surface area (Å²) in [5.41, 5.74) is 0. The lowest BCUT2D eigenvalue weighted by Crippen LogP contribution is -2.50. The van der Waals surface area contributed by atoms with E-state index in [1.807, 2.05) is 4.90 Å². The summed E-state index contributed by atoms with van der Waals surface area (Å²) in [6, 6.07) is 0.275. The van der Waals surface area contributed by atoms with Gasteiger partial charge < -0.3 is 15.3 Å². The lowest BCUT2D eigenvalue weighted by Gasteiger charge is -2.38. The van der Waals surface area contributed by atoms with Gasteiger partial charge in [0.15, 0.2) is 0 Å². The second-order valence-electron chi connectivity index (χ2n) is 5.23. The van der Waals surface area contributed by atoms with Crippen molar-refractivity contribution in [3.63, 3.8) is 0 Å². The number of likely N-dealkylation sites (tertiary alicyclic amines) is 1. The number of urea groups is 1.